The minimum absolute atomic E-state index is 0.0231. The number of carboxylic acids is 1. The lowest BCUT2D eigenvalue weighted by Gasteiger charge is -2.09. The Bertz CT molecular complexity index is 591. The van der Waals surface area contributed by atoms with Gasteiger partial charge in [0.05, 0.1) is 17.9 Å². The van der Waals surface area contributed by atoms with Gasteiger partial charge in [0.1, 0.15) is 0 Å². The first-order valence-electron chi connectivity index (χ1n) is 6.11. The van der Waals surface area contributed by atoms with Crippen molar-refractivity contribution in [3.8, 4) is 17.1 Å². The van der Waals surface area contributed by atoms with Gasteiger partial charge in [-0.3, -0.25) is 5.10 Å². The molecule has 1 aliphatic carbocycles. The number of aromatic nitrogens is 3. The van der Waals surface area contributed by atoms with Crippen LogP contribution in [-0.4, -0.2) is 32.9 Å². The van der Waals surface area contributed by atoms with E-state index in [1.165, 1.54) is 6.07 Å². The fourth-order valence-corrected chi connectivity index (χ4v) is 1.76. The molecule has 2 heterocycles. The Morgan fingerprint density at radius 3 is 2.89 bits per heavy atom. The SMILES string of the molecule is O=C(O)c1ccc(-c2cc[nH]n2)c(OCC2CC2)n1. The van der Waals surface area contributed by atoms with E-state index in [9.17, 15) is 4.79 Å². The highest BCUT2D eigenvalue weighted by Crippen LogP contribution is 2.32. The average molecular weight is 259 g/mol. The van der Waals surface area contributed by atoms with Crippen LogP contribution >= 0.6 is 0 Å². The van der Waals surface area contributed by atoms with Crippen LogP contribution in [0.15, 0.2) is 24.4 Å². The van der Waals surface area contributed by atoms with E-state index in [0.29, 0.717) is 29.7 Å². The Labute approximate surface area is 109 Å². The number of nitrogens with one attached hydrogen (secondary N) is 1. The van der Waals surface area contributed by atoms with Crippen molar-refractivity contribution in [1.82, 2.24) is 15.2 Å². The van der Waals surface area contributed by atoms with Crippen LogP contribution in [0.1, 0.15) is 23.3 Å². The van der Waals surface area contributed by atoms with Crippen LogP contribution in [0.3, 0.4) is 0 Å². The van der Waals surface area contributed by atoms with E-state index in [1.54, 1.807) is 18.3 Å². The maximum Gasteiger partial charge on any atom is 0.354 e. The third-order valence-corrected chi connectivity index (χ3v) is 3.01. The second-order valence-electron chi connectivity index (χ2n) is 4.57. The monoisotopic (exact) mass is 259 g/mol. The number of carboxylic acid groups (broad SMARTS) is 1. The normalized spacial score (nSPS) is 14.3. The molecule has 1 aliphatic rings. The van der Waals surface area contributed by atoms with Crippen LogP contribution in [0, 0.1) is 5.92 Å². The molecular formula is C13H13N3O3. The molecule has 0 aromatic carbocycles. The number of aromatic amines is 1. The summed E-state index contributed by atoms with van der Waals surface area (Å²) in [4.78, 5) is 15.0. The molecule has 3 rings (SSSR count). The minimum Gasteiger partial charge on any atom is -0.477 e. The van der Waals surface area contributed by atoms with Gasteiger partial charge in [-0.1, -0.05) is 0 Å². The number of aromatic carboxylic acids is 1. The van der Waals surface area contributed by atoms with E-state index in [4.69, 9.17) is 9.84 Å². The second kappa shape index (κ2) is 4.72. The zero-order valence-corrected chi connectivity index (χ0v) is 10.2. The first-order chi connectivity index (χ1) is 9.24. The van der Waals surface area contributed by atoms with Crippen LogP contribution in [0.5, 0.6) is 5.88 Å². The van der Waals surface area contributed by atoms with Crippen molar-refractivity contribution in [2.45, 2.75) is 12.8 Å². The van der Waals surface area contributed by atoms with Crippen LogP contribution < -0.4 is 4.74 Å². The lowest BCUT2D eigenvalue weighted by atomic mass is 10.2. The predicted molar refractivity (Wildman–Crippen MR) is 67.0 cm³/mol. The van der Waals surface area contributed by atoms with Gasteiger partial charge in [0.25, 0.3) is 0 Å². The fraction of sp³-hybridized carbons (Fsp3) is 0.308. The molecule has 6 heteroatoms. The molecule has 0 atom stereocenters. The van der Waals surface area contributed by atoms with Crippen molar-refractivity contribution in [1.29, 1.82) is 0 Å². The van der Waals surface area contributed by atoms with Crippen molar-refractivity contribution in [3.63, 3.8) is 0 Å². The Morgan fingerprint density at radius 2 is 2.26 bits per heavy atom. The van der Waals surface area contributed by atoms with Gasteiger partial charge in [0.2, 0.25) is 5.88 Å². The molecule has 0 unspecified atom stereocenters. The lowest BCUT2D eigenvalue weighted by Crippen LogP contribution is -2.06. The molecule has 2 aromatic heterocycles. The molecule has 2 aromatic rings. The second-order valence-corrected chi connectivity index (χ2v) is 4.57. The Morgan fingerprint density at radius 1 is 1.42 bits per heavy atom. The van der Waals surface area contributed by atoms with Gasteiger partial charge in [-0.2, -0.15) is 5.10 Å². The number of ether oxygens (including phenoxy) is 1. The maximum atomic E-state index is 11.0. The summed E-state index contributed by atoms with van der Waals surface area (Å²) >= 11 is 0. The number of hydrogen-bond acceptors (Lipinski definition) is 4. The van der Waals surface area contributed by atoms with Crippen molar-refractivity contribution < 1.29 is 14.6 Å². The standard InChI is InChI=1S/C13H13N3O3/c17-13(18)11-4-3-9(10-5-6-14-16-10)12(15-11)19-7-8-1-2-8/h3-6,8H,1-2,7H2,(H,14,16)(H,17,18). The number of carbonyl (C=O) groups is 1. The van der Waals surface area contributed by atoms with E-state index in [-0.39, 0.29) is 5.69 Å². The number of hydrogen-bond donors (Lipinski definition) is 2. The predicted octanol–water partition coefficient (Wildman–Crippen LogP) is 1.96. The molecule has 98 valence electrons. The zero-order valence-electron chi connectivity index (χ0n) is 10.2. The Kier molecular flexibility index (Phi) is 2.91. The molecule has 19 heavy (non-hydrogen) atoms. The van der Waals surface area contributed by atoms with Gasteiger partial charge >= 0.3 is 5.97 Å². The van der Waals surface area contributed by atoms with Crippen LogP contribution in [0.4, 0.5) is 0 Å². The molecule has 0 aliphatic heterocycles. The summed E-state index contributed by atoms with van der Waals surface area (Å²) in [7, 11) is 0. The van der Waals surface area contributed by atoms with Crippen molar-refractivity contribution >= 4 is 5.97 Å². The number of H-pyrrole nitrogens is 1. The van der Waals surface area contributed by atoms with Crippen LogP contribution in [0.2, 0.25) is 0 Å². The number of nitrogens with zero attached hydrogens (tertiary/aromatic N) is 2. The van der Waals surface area contributed by atoms with E-state index >= 15 is 0 Å². The van der Waals surface area contributed by atoms with Gasteiger partial charge in [0.15, 0.2) is 5.69 Å². The quantitative estimate of drug-likeness (QED) is 0.856. The highest BCUT2D eigenvalue weighted by atomic mass is 16.5. The molecular weight excluding hydrogens is 246 g/mol. The highest BCUT2D eigenvalue weighted by molar-refractivity contribution is 5.86. The Hall–Kier alpha value is -2.37. The van der Waals surface area contributed by atoms with Gasteiger partial charge in [-0.25, -0.2) is 9.78 Å². The minimum atomic E-state index is -1.06. The largest absolute Gasteiger partial charge is 0.477 e. The molecule has 1 fully saturated rings. The van der Waals surface area contributed by atoms with E-state index < -0.39 is 5.97 Å². The third kappa shape index (κ3) is 2.57. The summed E-state index contributed by atoms with van der Waals surface area (Å²) in [6.45, 7) is 0.577. The maximum absolute atomic E-state index is 11.0. The third-order valence-electron chi connectivity index (χ3n) is 3.01. The summed E-state index contributed by atoms with van der Waals surface area (Å²) < 4.78 is 5.65. The van der Waals surface area contributed by atoms with E-state index in [2.05, 4.69) is 15.2 Å². The Balaban J connectivity index is 1.94. The molecule has 2 N–H and O–H groups in total. The number of rotatable bonds is 5. The summed E-state index contributed by atoms with van der Waals surface area (Å²) in [5, 5.41) is 15.8. The van der Waals surface area contributed by atoms with Crippen LogP contribution in [-0.2, 0) is 0 Å². The fourth-order valence-electron chi connectivity index (χ4n) is 1.76. The van der Waals surface area contributed by atoms with Gasteiger partial charge in [0, 0.05) is 6.20 Å². The van der Waals surface area contributed by atoms with Crippen LogP contribution in [0.25, 0.3) is 11.3 Å². The van der Waals surface area contributed by atoms with Gasteiger partial charge in [-0.05, 0) is 37.0 Å². The highest BCUT2D eigenvalue weighted by Gasteiger charge is 2.23. The molecule has 0 bridgehead atoms. The van der Waals surface area contributed by atoms with Crippen molar-refractivity contribution in [2.24, 2.45) is 5.92 Å². The van der Waals surface area contributed by atoms with E-state index in [1.807, 2.05) is 0 Å². The molecule has 1 saturated carbocycles. The summed E-state index contributed by atoms with van der Waals surface area (Å²) in [5.74, 6) is -0.161. The molecule has 0 radical (unpaired) electrons. The van der Waals surface area contributed by atoms with Crippen molar-refractivity contribution in [2.75, 3.05) is 6.61 Å². The lowest BCUT2D eigenvalue weighted by molar-refractivity contribution is 0.0689. The molecule has 6 nitrogen and oxygen atoms in total. The number of pyridine rings is 1. The van der Waals surface area contributed by atoms with Crippen molar-refractivity contribution in [3.05, 3.63) is 30.1 Å². The smallest absolute Gasteiger partial charge is 0.354 e. The molecule has 0 spiro atoms. The summed E-state index contributed by atoms with van der Waals surface area (Å²) in [6.07, 6.45) is 4.03. The zero-order chi connectivity index (χ0) is 13.2. The van der Waals surface area contributed by atoms with Gasteiger partial charge in [-0.15, -0.1) is 0 Å². The first-order valence-corrected chi connectivity index (χ1v) is 6.11. The molecule has 0 saturated heterocycles. The van der Waals surface area contributed by atoms with Gasteiger partial charge < -0.3 is 9.84 Å². The first kappa shape index (κ1) is 11.7. The topological polar surface area (TPSA) is 88.1 Å². The summed E-state index contributed by atoms with van der Waals surface area (Å²) in [5.41, 5.74) is 1.37. The summed E-state index contributed by atoms with van der Waals surface area (Å²) in [6, 6.07) is 4.92. The average Bonchev–Trinajstić information content (AvgIpc) is 3.08. The van der Waals surface area contributed by atoms with E-state index in [0.717, 1.165) is 12.8 Å². The molecule has 0 amide bonds.